The third kappa shape index (κ3) is 3.45. The van der Waals surface area contributed by atoms with E-state index >= 15 is 0 Å². The van der Waals surface area contributed by atoms with Crippen LogP contribution in [-0.2, 0) is 0 Å². The van der Waals surface area contributed by atoms with Crippen LogP contribution in [0.5, 0.6) is 0 Å². The second-order valence-corrected chi connectivity index (χ2v) is 6.28. The number of benzene rings is 2. The van der Waals surface area contributed by atoms with Gasteiger partial charge in [0.05, 0.1) is 6.04 Å². The van der Waals surface area contributed by atoms with E-state index in [9.17, 15) is 9.18 Å². The van der Waals surface area contributed by atoms with Gasteiger partial charge in [-0.25, -0.2) is 4.39 Å². The molecule has 1 amide bonds. The number of hydrogen-bond donors (Lipinski definition) is 1. The third-order valence-electron chi connectivity index (χ3n) is 4.41. The first-order valence-electron chi connectivity index (χ1n) is 8.29. The van der Waals surface area contributed by atoms with E-state index in [0.717, 1.165) is 24.0 Å². The molecule has 1 atom stereocenters. The SMILES string of the molecule is O=C(NC(c1ccc(F)cc1)C1CC1)c1cc(-c2ccccc2)no1. The van der Waals surface area contributed by atoms with Crippen molar-refractivity contribution >= 4 is 5.91 Å². The summed E-state index contributed by atoms with van der Waals surface area (Å²) >= 11 is 0. The summed E-state index contributed by atoms with van der Waals surface area (Å²) < 4.78 is 18.4. The molecule has 1 saturated carbocycles. The summed E-state index contributed by atoms with van der Waals surface area (Å²) in [5.74, 6) is -0.0409. The lowest BCUT2D eigenvalue weighted by atomic mass is 10.0. The molecule has 1 aliphatic rings. The summed E-state index contributed by atoms with van der Waals surface area (Å²) in [6.45, 7) is 0. The zero-order valence-electron chi connectivity index (χ0n) is 13.5. The van der Waals surface area contributed by atoms with Crippen LogP contribution in [0.2, 0.25) is 0 Å². The molecule has 1 N–H and O–H groups in total. The van der Waals surface area contributed by atoms with Crippen LogP contribution < -0.4 is 5.32 Å². The number of amides is 1. The quantitative estimate of drug-likeness (QED) is 0.753. The fraction of sp³-hybridized carbons (Fsp3) is 0.200. The van der Waals surface area contributed by atoms with Gasteiger partial charge in [0.25, 0.3) is 5.91 Å². The first-order valence-corrected chi connectivity index (χ1v) is 8.29. The monoisotopic (exact) mass is 336 g/mol. The maximum absolute atomic E-state index is 13.1. The van der Waals surface area contributed by atoms with Gasteiger partial charge < -0.3 is 9.84 Å². The topological polar surface area (TPSA) is 55.1 Å². The van der Waals surface area contributed by atoms with Crippen molar-refractivity contribution < 1.29 is 13.7 Å². The van der Waals surface area contributed by atoms with E-state index in [4.69, 9.17) is 4.52 Å². The van der Waals surface area contributed by atoms with Crippen molar-refractivity contribution in [3.63, 3.8) is 0 Å². The minimum absolute atomic E-state index is 0.140. The standard InChI is InChI=1S/C20H17FN2O2/c21-16-10-8-15(9-11-16)19(14-6-7-14)22-20(24)18-12-17(23-25-18)13-4-2-1-3-5-13/h1-5,8-12,14,19H,6-7H2,(H,22,24). The molecule has 126 valence electrons. The first kappa shape index (κ1) is 15.6. The molecule has 1 unspecified atom stereocenters. The Morgan fingerprint density at radius 2 is 1.84 bits per heavy atom. The molecule has 0 bridgehead atoms. The van der Waals surface area contributed by atoms with Crippen molar-refractivity contribution in [3.05, 3.63) is 77.8 Å². The van der Waals surface area contributed by atoms with Gasteiger partial charge in [-0.2, -0.15) is 0 Å². The van der Waals surface area contributed by atoms with Gasteiger partial charge in [-0.3, -0.25) is 4.79 Å². The van der Waals surface area contributed by atoms with Gasteiger partial charge in [-0.15, -0.1) is 0 Å². The minimum atomic E-state index is -0.309. The number of hydrogen-bond acceptors (Lipinski definition) is 3. The largest absolute Gasteiger partial charge is 0.350 e. The zero-order valence-corrected chi connectivity index (χ0v) is 13.5. The molecule has 4 nitrogen and oxygen atoms in total. The highest BCUT2D eigenvalue weighted by Crippen LogP contribution is 2.41. The molecule has 2 aromatic carbocycles. The Balaban J connectivity index is 1.52. The smallest absolute Gasteiger partial charge is 0.290 e. The number of rotatable bonds is 5. The lowest BCUT2D eigenvalue weighted by molar-refractivity contribution is 0.0894. The average molecular weight is 336 g/mol. The second-order valence-electron chi connectivity index (χ2n) is 6.28. The van der Waals surface area contributed by atoms with Crippen LogP contribution in [0.25, 0.3) is 11.3 Å². The van der Waals surface area contributed by atoms with Crippen LogP contribution >= 0.6 is 0 Å². The maximum atomic E-state index is 13.1. The lowest BCUT2D eigenvalue weighted by Crippen LogP contribution is -2.29. The number of nitrogens with zero attached hydrogens (tertiary/aromatic N) is 1. The van der Waals surface area contributed by atoms with Crippen molar-refractivity contribution in [1.82, 2.24) is 10.5 Å². The van der Waals surface area contributed by atoms with Crippen molar-refractivity contribution in [2.45, 2.75) is 18.9 Å². The van der Waals surface area contributed by atoms with Crippen molar-refractivity contribution in [3.8, 4) is 11.3 Å². The molecule has 0 spiro atoms. The van der Waals surface area contributed by atoms with Crippen LogP contribution in [0.1, 0.15) is 35.0 Å². The van der Waals surface area contributed by atoms with Gasteiger partial charge in [-0.1, -0.05) is 47.6 Å². The van der Waals surface area contributed by atoms with Crippen molar-refractivity contribution in [2.75, 3.05) is 0 Å². The van der Waals surface area contributed by atoms with E-state index in [1.807, 2.05) is 30.3 Å². The van der Waals surface area contributed by atoms with Gasteiger partial charge in [0.15, 0.2) is 0 Å². The molecule has 0 radical (unpaired) electrons. The van der Waals surface area contributed by atoms with Crippen molar-refractivity contribution in [1.29, 1.82) is 0 Å². The highest BCUT2D eigenvalue weighted by molar-refractivity contribution is 5.92. The number of nitrogens with one attached hydrogen (secondary N) is 1. The predicted molar refractivity (Wildman–Crippen MR) is 91.3 cm³/mol. The molecule has 25 heavy (non-hydrogen) atoms. The van der Waals surface area contributed by atoms with Crippen LogP contribution in [0.15, 0.2) is 65.2 Å². The van der Waals surface area contributed by atoms with Crippen LogP contribution in [0.3, 0.4) is 0 Å². The fourth-order valence-corrected chi connectivity index (χ4v) is 2.91. The molecule has 1 aromatic heterocycles. The summed E-state index contributed by atoms with van der Waals surface area (Å²) in [6.07, 6.45) is 2.10. The van der Waals surface area contributed by atoms with E-state index in [0.29, 0.717) is 11.6 Å². The molecule has 4 rings (SSSR count). The molecule has 1 aliphatic carbocycles. The minimum Gasteiger partial charge on any atom is -0.350 e. The summed E-state index contributed by atoms with van der Waals surface area (Å²) in [5.41, 5.74) is 2.41. The van der Waals surface area contributed by atoms with Crippen molar-refractivity contribution in [2.24, 2.45) is 5.92 Å². The van der Waals surface area contributed by atoms with E-state index in [1.54, 1.807) is 18.2 Å². The van der Waals surface area contributed by atoms with Gasteiger partial charge >= 0.3 is 0 Å². The Hall–Kier alpha value is -2.95. The maximum Gasteiger partial charge on any atom is 0.290 e. The number of halogens is 1. The van der Waals surface area contributed by atoms with E-state index < -0.39 is 0 Å². The first-order chi connectivity index (χ1) is 12.2. The molecular formula is C20H17FN2O2. The van der Waals surface area contributed by atoms with E-state index in [2.05, 4.69) is 10.5 Å². The van der Waals surface area contributed by atoms with Crippen LogP contribution in [0, 0.1) is 11.7 Å². The molecule has 3 aromatic rings. The molecule has 1 fully saturated rings. The van der Waals surface area contributed by atoms with Crippen LogP contribution in [-0.4, -0.2) is 11.1 Å². The Morgan fingerprint density at radius 3 is 2.52 bits per heavy atom. The Bertz CT molecular complexity index is 870. The summed E-state index contributed by atoms with van der Waals surface area (Å²) in [6, 6.07) is 17.3. The normalized spacial score (nSPS) is 14.9. The van der Waals surface area contributed by atoms with E-state index in [-0.39, 0.29) is 23.5 Å². The number of carbonyl (C=O) groups excluding carboxylic acids is 1. The van der Waals surface area contributed by atoms with Gasteiger partial charge in [0, 0.05) is 11.6 Å². The molecule has 0 saturated heterocycles. The van der Waals surface area contributed by atoms with E-state index in [1.165, 1.54) is 12.1 Å². The van der Waals surface area contributed by atoms with Crippen LogP contribution in [0.4, 0.5) is 4.39 Å². The number of carbonyl (C=O) groups is 1. The lowest BCUT2D eigenvalue weighted by Gasteiger charge is -2.17. The molecule has 0 aliphatic heterocycles. The highest BCUT2D eigenvalue weighted by Gasteiger charge is 2.34. The summed E-state index contributed by atoms with van der Waals surface area (Å²) in [7, 11) is 0. The predicted octanol–water partition coefficient (Wildman–Crippen LogP) is 4.36. The molecule has 1 heterocycles. The highest BCUT2D eigenvalue weighted by atomic mass is 19.1. The van der Waals surface area contributed by atoms with Gasteiger partial charge in [-0.05, 0) is 36.5 Å². The Labute approximate surface area is 144 Å². The zero-order chi connectivity index (χ0) is 17.2. The summed E-state index contributed by atoms with van der Waals surface area (Å²) in [4.78, 5) is 12.6. The third-order valence-corrected chi connectivity index (χ3v) is 4.41. The average Bonchev–Trinajstić information content (AvgIpc) is 3.36. The number of aromatic nitrogens is 1. The Morgan fingerprint density at radius 1 is 1.12 bits per heavy atom. The Kier molecular flexibility index (Phi) is 4.06. The second kappa shape index (κ2) is 6.51. The fourth-order valence-electron chi connectivity index (χ4n) is 2.91. The molecular weight excluding hydrogens is 319 g/mol. The molecule has 5 heteroatoms. The summed E-state index contributed by atoms with van der Waals surface area (Å²) in [5, 5.41) is 6.97. The van der Waals surface area contributed by atoms with Gasteiger partial charge in [0.1, 0.15) is 11.5 Å². The van der Waals surface area contributed by atoms with Gasteiger partial charge in [0.2, 0.25) is 5.76 Å².